The van der Waals surface area contributed by atoms with E-state index in [9.17, 15) is 4.57 Å². The van der Waals surface area contributed by atoms with Gasteiger partial charge < -0.3 is 9.65 Å². The number of aromatic nitrogens is 1. The summed E-state index contributed by atoms with van der Waals surface area (Å²) in [5.74, 6) is 3.59. The van der Waals surface area contributed by atoms with Gasteiger partial charge in [-0.15, -0.1) is 0 Å². The fourth-order valence-electron chi connectivity index (χ4n) is 4.31. The molecule has 0 aliphatic heterocycles. The molecule has 0 fully saturated rings. The summed E-state index contributed by atoms with van der Waals surface area (Å²) in [6.07, 6.45) is 3.84. The molecule has 4 aromatic carbocycles. The van der Waals surface area contributed by atoms with Gasteiger partial charge in [0.25, 0.3) is 0 Å². The fraction of sp³-hybridized carbons (Fsp3) is 0.0667. The van der Waals surface area contributed by atoms with Crippen LogP contribution in [-0.4, -0.2) is 4.57 Å². The minimum Gasteiger partial charge on any atom is -0.341 e. The van der Waals surface area contributed by atoms with Crippen LogP contribution in [0.15, 0.2) is 115 Å². The van der Waals surface area contributed by atoms with E-state index in [1.54, 1.807) is 11.6 Å². The van der Waals surface area contributed by atoms with Crippen molar-refractivity contribution in [2.75, 3.05) is 5.09 Å². The van der Waals surface area contributed by atoms with E-state index in [0.29, 0.717) is 0 Å². The topological polar surface area (TPSA) is 34.0 Å². The highest BCUT2D eigenvalue weighted by molar-refractivity contribution is 7.71. The van der Waals surface area contributed by atoms with Crippen molar-refractivity contribution in [3.8, 4) is 0 Å². The van der Waals surface area contributed by atoms with Crippen molar-refractivity contribution >= 4 is 46.9 Å². The third kappa shape index (κ3) is 4.62. The van der Waals surface area contributed by atoms with Crippen LogP contribution in [0.3, 0.4) is 0 Å². The van der Waals surface area contributed by atoms with Crippen molar-refractivity contribution in [1.82, 2.24) is 4.57 Å². The molecule has 5 rings (SSSR count). The minimum atomic E-state index is -3.03. The smallest absolute Gasteiger partial charge is 0.213 e. The number of nitrogens with zero attached hydrogens (tertiary/aromatic N) is 1. The number of anilines is 1. The summed E-state index contributed by atoms with van der Waals surface area (Å²) in [4.78, 5) is 0. The lowest BCUT2D eigenvalue weighted by Crippen LogP contribution is -1.94. The van der Waals surface area contributed by atoms with Gasteiger partial charge in [-0.05, 0) is 66.1 Å². The Balaban J connectivity index is 1.55. The third-order valence-corrected chi connectivity index (χ3v) is 7.76. The number of fused-ring (bicyclic) bond motifs is 3. The zero-order chi connectivity index (χ0) is 23.4. The Kier molecular flexibility index (Phi) is 6.20. The zero-order valence-electron chi connectivity index (χ0n) is 19.1. The van der Waals surface area contributed by atoms with E-state index >= 15 is 0 Å². The van der Waals surface area contributed by atoms with E-state index in [1.807, 2.05) is 78.9 Å². The van der Waals surface area contributed by atoms with Crippen LogP contribution >= 0.6 is 7.29 Å². The van der Waals surface area contributed by atoms with Gasteiger partial charge in [0.1, 0.15) is 0 Å². The second-order valence-electron chi connectivity index (χ2n) is 8.27. The summed E-state index contributed by atoms with van der Waals surface area (Å²) < 4.78 is 16.4. The average molecular weight is 463 g/mol. The summed E-state index contributed by atoms with van der Waals surface area (Å²) in [5, 5.41) is 5.72. The van der Waals surface area contributed by atoms with Gasteiger partial charge in [0.05, 0.1) is 0 Å². The van der Waals surface area contributed by atoms with Crippen molar-refractivity contribution in [1.29, 1.82) is 0 Å². The first-order valence-electron chi connectivity index (χ1n) is 11.5. The molecule has 0 aliphatic rings. The van der Waals surface area contributed by atoms with Gasteiger partial charge in [-0.25, -0.2) is 0 Å². The van der Waals surface area contributed by atoms with Crippen LogP contribution in [0.1, 0.15) is 18.1 Å². The van der Waals surface area contributed by atoms with E-state index in [2.05, 4.69) is 53.0 Å². The van der Waals surface area contributed by atoms with Crippen LogP contribution in [0.2, 0.25) is 0 Å². The molecule has 3 nitrogen and oxygen atoms in total. The number of rotatable bonds is 7. The lowest BCUT2D eigenvalue weighted by molar-refractivity contribution is 0.589. The van der Waals surface area contributed by atoms with E-state index in [-0.39, 0.29) is 0 Å². The van der Waals surface area contributed by atoms with E-state index in [1.165, 1.54) is 16.4 Å². The minimum absolute atomic E-state index is 0.838. The summed E-state index contributed by atoms with van der Waals surface area (Å²) >= 11 is 0. The molecule has 168 valence electrons. The number of benzene rings is 4. The lowest BCUT2D eigenvalue weighted by Gasteiger charge is -2.14. The normalized spacial score (nSPS) is 12.3. The zero-order valence-corrected chi connectivity index (χ0v) is 20.0. The molecule has 0 bridgehead atoms. The molecule has 1 N–H and O–H groups in total. The molecule has 0 atom stereocenters. The maximum absolute atomic E-state index is 14.1. The van der Waals surface area contributed by atoms with E-state index in [0.717, 1.165) is 28.7 Å². The Morgan fingerprint density at radius 2 is 1.26 bits per heavy atom. The van der Waals surface area contributed by atoms with E-state index < -0.39 is 7.29 Å². The first-order chi connectivity index (χ1) is 16.6. The van der Waals surface area contributed by atoms with Gasteiger partial charge in [0.2, 0.25) is 7.29 Å². The molecule has 4 heteroatoms. The van der Waals surface area contributed by atoms with Crippen molar-refractivity contribution in [3.05, 3.63) is 126 Å². The molecule has 1 heterocycles. The Hall–Kier alpha value is -3.81. The summed E-state index contributed by atoms with van der Waals surface area (Å²) in [7, 11) is -3.03. The third-order valence-electron chi connectivity index (χ3n) is 5.97. The number of hydrogen-bond donors (Lipinski definition) is 1. The molecule has 5 aromatic rings. The van der Waals surface area contributed by atoms with Gasteiger partial charge in [-0.3, -0.25) is 4.57 Å². The molecule has 0 unspecified atom stereocenters. The molecule has 0 radical (unpaired) electrons. The molecular weight excluding hydrogens is 435 g/mol. The highest BCUT2D eigenvalue weighted by Crippen LogP contribution is 2.50. The monoisotopic (exact) mass is 462 g/mol. The van der Waals surface area contributed by atoms with Crippen LogP contribution in [0.5, 0.6) is 0 Å². The Labute approximate surface area is 200 Å². The summed E-state index contributed by atoms with van der Waals surface area (Å²) in [6, 6.07) is 34.6. The van der Waals surface area contributed by atoms with Crippen LogP contribution in [0, 0.1) is 0 Å². The molecule has 34 heavy (non-hydrogen) atoms. The van der Waals surface area contributed by atoms with Gasteiger partial charge in [0.15, 0.2) is 0 Å². The lowest BCUT2D eigenvalue weighted by atomic mass is 10.1. The van der Waals surface area contributed by atoms with Gasteiger partial charge in [0, 0.05) is 34.0 Å². The van der Waals surface area contributed by atoms with Gasteiger partial charge in [-0.1, -0.05) is 78.9 Å². The van der Waals surface area contributed by atoms with Crippen LogP contribution in [0.4, 0.5) is 5.69 Å². The van der Waals surface area contributed by atoms with Crippen molar-refractivity contribution in [3.63, 3.8) is 0 Å². The second kappa shape index (κ2) is 9.59. The van der Waals surface area contributed by atoms with Crippen molar-refractivity contribution in [2.24, 2.45) is 0 Å². The predicted octanol–water partition coefficient (Wildman–Crippen LogP) is 8.85. The van der Waals surface area contributed by atoms with Gasteiger partial charge >= 0.3 is 0 Å². The quantitative estimate of drug-likeness (QED) is 0.245. The maximum atomic E-state index is 14.1. The fourth-order valence-corrected chi connectivity index (χ4v) is 5.89. The van der Waals surface area contributed by atoms with Crippen LogP contribution < -0.4 is 5.09 Å². The highest BCUT2D eigenvalue weighted by atomic mass is 31.2. The number of nitrogens with one attached hydrogen (secondary N) is 1. The van der Waals surface area contributed by atoms with E-state index in [4.69, 9.17) is 0 Å². The molecule has 0 spiro atoms. The first-order valence-corrected chi connectivity index (χ1v) is 13.4. The molecule has 0 saturated heterocycles. The predicted molar refractivity (Wildman–Crippen MR) is 147 cm³/mol. The molecule has 0 saturated carbocycles. The first kappa shape index (κ1) is 22.0. The highest BCUT2D eigenvalue weighted by Gasteiger charge is 2.16. The summed E-state index contributed by atoms with van der Waals surface area (Å²) in [6.45, 7) is 3.06. The average Bonchev–Trinajstić information content (AvgIpc) is 3.21. The SMILES string of the molecule is CCn1c2ccccc2c2cc(NP(=O)(/C=C\c3ccccc3)/C=C\c3ccccc3)ccc21. The van der Waals surface area contributed by atoms with Crippen molar-refractivity contribution < 1.29 is 4.57 Å². The summed E-state index contributed by atoms with van der Waals surface area (Å²) in [5.41, 5.74) is 5.26. The second-order valence-corrected chi connectivity index (χ2v) is 10.5. The Morgan fingerprint density at radius 1 is 0.706 bits per heavy atom. The van der Waals surface area contributed by atoms with Crippen LogP contribution in [-0.2, 0) is 11.1 Å². The molecular formula is C30H27N2OP. The molecule has 0 amide bonds. The standard InChI is InChI=1S/C30H27N2OP/c1-2-32-29-16-10-9-15-27(29)28-23-26(17-18-30(28)32)31-34(33,21-19-24-11-5-3-6-12-24)22-20-25-13-7-4-8-14-25/h3-23H,2H2,1H3,(H,31,33)/b21-19-,22-20-. The Bertz CT molecular complexity index is 1480. The molecule has 0 aliphatic carbocycles. The Morgan fingerprint density at radius 3 is 1.88 bits per heavy atom. The largest absolute Gasteiger partial charge is 0.341 e. The van der Waals surface area contributed by atoms with Crippen LogP contribution in [0.25, 0.3) is 34.0 Å². The van der Waals surface area contributed by atoms with Gasteiger partial charge in [-0.2, -0.15) is 0 Å². The van der Waals surface area contributed by atoms with Crippen molar-refractivity contribution in [2.45, 2.75) is 13.5 Å². The maximum Gasteiger partial charge on any atom is 0.213 e. The number of para-hydroxylation sites is 1. The molecule has 1 aromatic heterocycles. The number of aryl methyl sites for hydroxylation is 1. The number of hydrogen-bond acceptors (Lipinski definition) is 1.